The average Bonchev–Trinajstić information content (AvgIpc) is 2.40. The van der Waals surface area contributed by atoms with Crippen molar-refractivity contribution in [1.82, 2.24) is 9.78 Å². The van der Waals surface area contributed by atoms with Crippen molar-refractivity contribution in [2.24, 2.45) is 7.05 Å². The van der Waals surface area contributed by atoms with Crippen LogP contribution >= 0.6 is 15.9 Å². The summed E-state index contributed by atoms with van der Waals surface area (Å²) < 4.78 is 98.6. The topological polar surface area (TPSA) is 17.8 Å². The number of hydrogen-bond donors (Lipinski definition) is 0. The third-order valence-corrected chi connectivity index (χ3v) is 2.82. The highest BCUT2D eigenvalue weighted by molar-refractivity contribution is 9.10. The summed E-state index contributed by atoms with van der Waals surface area (Å²) >= 11 is 2.28. The van der Waals surface area contributed by atoms with Crippen molar-refractivity contribution in [3.8, 4) is 0 Å². The molecule has 2 nitrogen and oxygen atoms in total. The van der Waals surface area contributed by atoms with Crippen LogP contribution in [0.4, 0.5) is 35.1 Å². The van der Waals surface area contributed by atoms with E-state index in [0.717, 1.165) is 7.05 Å². The van der Waals surface area contributed by atoms with Crippen molar-refractivity contribution in [3.05, 3.63) is 15.9 Å². The first-order valence-electron chi connectivity index (χ1n) is 4.05. The Morgan fingerprint density at radius 3 is 1.78 bits per heavy atom. The van der Waals surface area contributed by atoms with Crippen LogP contribution in [0.1, 0.15) is 11.3 Å². The van der Waals surface area contributed by atoms with Gasteiger partial charge in [0.15, 0.2) is 5.69 Å². The molecule has 0 atom stereocenters. The van der Waals surface area contributed by atoms with E-state index < -0.39 is 34.1 Å². The van der Waals surface area contributed by atoms with E-state index >= 15 is 0 Å². The zero-order chi connectivity index (χ0) is 14.5. The standard InChI is InChI=1S/C7H3BrF8N2/c1-18-4(8)2(6(11,12)13)3(17-18)5(9,10)7(14,15)16/h1H3. The van der Waals surface area contributed by atoms with Gasteiger partial charge in [0.2, 0.25) is 0 Å². The predicted octanol–water partition coefficient (Wildman–Crippen LogP) is 3.86. The maximum absolute atomic E-state index is 12.9. The van der Waals surface area contributed by atoms with Gasteiger partial charge in [-0.25, -0.2) is 0 Å². The molecule has 0 aromatic carbocycles. The lowest BCUT2D eigenvalue weighted by molar-refractivity contribution is -0.292. The van der Waals surface area contributed by atoms with Crippen LogP contribution in [0.5, 0.6) is 0 Å². The van der Waals surface area contributed by atoms with Crippen molar-refractivity contribution < 1.29 is 35.1 Å². The summed E-state index contributed by atoms with van der Waals surface area (Å²) in [4.78, 5) is 0. The van der Waals surface area contributed by atoms with Crippen LogP contribution in [0, 0.1) is 0 Å². The zero-order valence-corrected chi connectivity index (χ0v) is 9.88. The second-order valence-electron chi connectivity index (χ2n) is 3.21. The van der Waals surface area contributed by atoms with Crippen LogP contribution in [0.15, 0.2) is 4.60 Å². The summed E-state index contributed by atoms with van der Waals surface area (Å²) in [6.45, 7) is 0. The first kappa shape index (κ1) is 15.2. The van der Waals surface area contributed by atoms with E-state index in [2.05, 4.69) is 21.0 Å². The molecule has 0 amide bonds. The number of rotatable bonds is 1. The van der Waals surface area contributed by atoms with Gasteiger partial charge in [0.1, 0.15) is 10.2 Å². The Bertz CT molecular complexity index is 457. The largest absolute Gasteiger partial charge is 0.459 e. The van der Waals surface area contributed by atoms with Gasteiger partial charge in [0.05, 0.1) is 0 Å². The highest BCUT2D eigenvalue weighted by Crippen LogP contribution is 2.49. The maximum atomic E-state index is 12.9. The molecule has 1 rings (SSSR count). The molecular formula is C7H3BrF8N2. The molecule has 0 unspecified atom stereocenters. The minimum absolute atomic E-state index is 0.248. The normalized spacial score (nSPS) is 14.1. The average molecular weight is 347 g/mol. The van der Waals surface area contributed by atoms with Crippen LogP contribution in [0.25, 0.3) is 0 Å². The molecule has 0 N–H and O–H groups in total. The quantitative estimate of drug-likeness (QED) is 0.706. The van der Waals surface area contributed by atoms with Gasteiger partial charge < -0.3 is 0 Å². The van der Waals surface area contributed by atoms with E-state index in [1.807, 2.05) is 0 Å². The van der Waals surface area contributed by atoms with Crippen molar-refractivity contribution >= 4 is 15.9 Å². The van der Waals surface area contributed by atoms with E-state index in [1.165, 1.54) is 0 Å². The molecule has 0 aliphatic rings. The molecule has 104 valence electrons. The van der Waals surface area contributed by atoms with Crippen molar-refractivity contribution in [2.45, 2.75) is 18.3 Å². The first-order valence-corrected chi connectivity index (χ1v) is 4.84. The third-order valence-electron chi connectivity index (χ3n) is 1.91. The minimum Gasteiger partial charge on any atom is -0.260 e. The van der Waals surface area contributed by atoms with Crippen LogP contribution in [0.2, 0.25) is 0 Å². The van der Waals surface area contributed by atoms with Crippen molar-refractivity contribution in [1.29, 1.82) is 0 Å². The van der Waals surface area contributed by atoms with E-state index in [1.54, 1.807) is 0 Å². The Kier molecular flexibility index (Phi) is 3.43. The third kappa shape index (κ3) is 2.31. The summed E-state index contributed by atoms with van der Waals surface area (Å²) in [5.41, 5.74) is -4.52. The van der Waals surface area contributed by atoms with Crippen molar-refractivity contribution in [3.63, 3.8) is 0 Å². The Labute approximate surface area is 103 Å². The van der Waals surface area contributed by atoms with E-state index in [4.69, 9.17) is 0 Å². The molecule has 1 aromatic rings. The second-order valence-corrected chi connectivity index (χ2v) is 3.96. The fraction of sp³-hybridized carbons (Fsp3) is 0.571. The molecular weight excluding hydrogens is 344 g/mol. The number of hydrogen-bond acceptors (Lipinski definition) is 1. The number of nitrogens with zero attached hydrogens (tertiary/aromatic N) is 2. The number of halogens is 9. The molecule has 0 bridgehead atoms. The summed E-state index contributed by atoms with van der Waals surface area (Å²) in [6.07, 6.45) is -11.6. The maximum Gasteiger partial charge on any atom is 0.459 e. The Morgan fingerprint density at radius 2 is 1.44 bits per heavy atom. The van der Waals surface area contributed by atoms with Gasteiger partial charge in [-0.15, -0.1) is 0 Å². The SMILES string of the molecule is Cn1nc(C(F)(F)C(F)(F)F)c(C(F)(F)F)c1Br. The van der Waals surface area contributed by atoms with E-state index in [-0.39, 0.29) is 4.68 Å². The molecule has 0 saturated heterocycles. The van der Waals surface area contributed by atoms with Crippen molar-refractivity contribution in [2.75, 3.05) is 0 Å². The van der Waals surface area contributed by atoms with E-state index in [0.29, 0.717) is 0 Å². The lowest BCUT2D eigenvalue weighted by Crippen LogP contribution is -2.36. The molecule has 1 heterocycles. The van der Waals surface area contributed by atoms with Gasteiger partial charge in [0.25, 0.3) is 0 Å². The first-order chi connectivity index (χ1) is 7.80. The lowest BCUT2D eigenvalue weighted by Gasteiger charge is -2.19. The van der Waals surface area contributed by atoms with E-state index in [9.17, 15) is 35.1 Å². The molecule has 11 heteroatoms. The highest BCUT2D eigenvalue weighted by atomic mass is 79.9. The van der Waals surface area contributed by atoms with Crippen LogP contribution in [-0.4, -0.2) is 16.0 Å². The summed E-state index contributed by atoms with van der Waals surface area (Å²) in [6, 6.07) is 0. The molecule has 0 spiro atoms. The molecule has 1 aromatic heterocycles. The van der Waals surface area contributed by atoms with Gasteiger partial charge in [-0.2, -0.15) is 40.2 Å². The monoisotopic (exact) mass is 346 g/mol. The number of aromatic nitrogens is 2. The fourth-order valence-corrected chi connectivity index (χ4v) is 1.60. The van der Waals surface area contributed by atoms with Gasteiger partial charge in [-0.05, 0) is 15.9 Å². The Morgan fingerprint density at radius 1 is 1.00 bits per heavy atom. The van der Waals surface area contributed by atoms with Crippen LogP contribution in [0.3, 0.4) is 0 Å². The minimum atomic E-state index is -6.17. The molecule has 0 fully saturated rings. The van der Waals surface area contributed by atoms with Gasteiger partial charge in [-0.3, -0.25) is 4.68 Å². The smallest absolute Gasteiger partial charge is 0.260 e. The fourth-order valence-electron chi connectivity index (χ4n) is 1.11. The van der Waals surface area contributed by atoms with Gasteiger partial charge in [0, 0.05) is 7.05 Å². The van der Waals surface area contributed by atoms with Crippen LogP contribution < -0.4 is 0 Å². The number of aryl methyl sites for hydroxylation is 1. The molecule has 0 aliphatic heterocycles. The summed E-state index contributed by atoms with van der Waals surface area (Å²) in [7, 11) is 0.801. The lowest BCUT2D eigenvalue weighted by atomic mass is 10.1. The molecule has 18 heavy (non-hydrogen) atoms. The summed E-state index contributed by atoms with van der Waals surface area (Å²) in [5.74, 6) is -5.69. The predicted molar refractivity (Wildman–Crippen MR) is 45.9 cm³/mol. The molecule has 0 aliphatic carbocycles. The highest BCUT2D eigenvalue weighted by Gasteiger charge is 2.63. The Balaban J connectivity index is 3.58. The molecule has 0 radical (unpaired) electrons. The second kappa shape index (κ2) is 4.07. The van der Waals surface area contributed by atoms with Gasteiger partial charge in [-0.1, -0.05) is 0 Å². The summed E-state index contributed by atoms with van der Waals surface area (Å²) in [5, 5.41) is 2.59. The molecule has 0 saturated carbocycles. The number of alkyl halides is 8. The van der Waals surface area contributed by atoms with Crippen LogP contribution in [-0.2, 0) is 19.1 Å². The Hall–Kier alpha value is -0.870. The zero-order valence-electron chi connectivity index (χ0n) is 8.30. The van der Waals surface area contributed by atoms with Gasteiger partial charge >= 0.3 is 18.3 Å².